The van der Waals surface area contributed by atoms with Crippen molar-refractivity contribution in [1.82, 2.24) is 4.90 Å². The molecule has 0 aromatic heterocycles. The second-order valence-electron chi connectivity index (χ2n) is 6.42. The van der Waals surface area contributed by atoms with Gasteiger partial charge in [-0.1, -0.05) is 27.2 Å². The molecule has 0 saturated heterocycles. The van der Waals surface area contributed by atoms with Crippen molar-refractivity contribution in [2.24, 2.45) is 11.3 Å². The lowest BCUT2D eigenvalue weighted by molar-refractivity contribution is 0.00661. The second-order valence-corrected chi connectivity index (χ2v) is 6.42. The molecule has 2 atom stereocenters. The number of nitrogens with zero attached hydrogens (tertiary/aromatic N) is 1. The molecule has 0 aliphatic heterocycles. The molecule has 0 amide bonds. The van der Waals surface area contributed by atoms with Crippen molar-refractivity contribution in [3.63, 3.8) is 0 Å². The first-order valence-electron chi connectivity index (χ1n) is 6.96. The minimum atomic E-state index is -0.132. The Morgan fingerprint density at radius 3 is 2.31 bits per heavy atom. The van der Waals surface area contributed by atoms with Crippen molar-refractivity contribution in [3.05, 3.63) is 0 Å². The van der Waals surface area contributed by atoms with Crippen LogP contribution in [0.4, 0.5) is 0 Å². The van der Waals surface area contributed by atoms with E-state index in [0.29, 0.717) is 6.04 Å². The number of likely N-dealkylation sites (N-methyl/N-ethyl adjacent to an activating group) is 1. The van der Waals surface area contributed by atoms with Crippen LogP contribution in [0.1, 0.15) is 52.9 Å². The van der Waals surface area contributed by atoms with Gasteiger partial charge in [0, 0.05) is 12.6 Å². The van der Waals surface area contributed by atoms with Crippen molar-refractivity contribution in [2.75, 3.05) is 13.1 Å². The molecule has 0 bridgehead atoms. The predicted octanol–water partition coefficient (Wildman–Crippen LogP) is 2.66. The maximum atomic E-state index is 10.4. The fourth-order valence-corrected chi connectivity index (χ4v) is 3.23. The molecule has 2 nitrogen and oxygen atoms in total. The van der Waals surface area contributed by atoms with Crippen molar-refractivity contribution in [3.8, 4) is 0 Å². The molecule has 0 radical (unpaired) electrons. The average molecular weight is 225 g/mol. The van der Waals surface area contributed by atoms with E-state index in [0.717, 1.165) is 12.5 Å². The van der Waals surface area contributed by atoms with Crippen LogP contribution in [0.25, 0.3) is 0 Å². The van der Waals surface area contributed by atoms with Crippen LogP contribution in [0, 0.1) is 11.3 Å². The van der Waals surface area contributed by atoms with Crippen molar-refractivity contribution >= 4 is 0 Å². The number of aliphatic hydroxyl groups is 1. The molecular weight excluding hydrogens is 198 g/mol. The zero-order valence-corrected chi connectivity index (χ0v) is 11.1. The molecular formula is C14H27NO. The number of rotatable bonds is 4. The highest BCUT2D eigenvalue weighted by molar-refractivity contribution is 4.96. The molecule has 2 aliphatic carbocycles. The highest BCUT2D eigenvalue weighted by atomic mass is 16.3. The van der Waals surface area contributed by atoms with Crippen LogP contribution in [0.3, 0.4) is 0 Å². The van der Waals surface area contributed by atoms with Crippen LogP contribution in [-0.2, 0) is 0 Å². The Kier molecular flexibility index (Phi) is 3.60. The lowest BCUT2D eigenvalue weighted by atomic mass is 9.84. The topological polar surface area (TPSA) is 23.5 Å². The summed E-state index contributed by atoms with van der Waals surface area (Å²) >= 11 is 0. The van der Waals surface area contributed by atoms with Gasteiger partial charge in [0.15, 0.2) is 0 Å². The molecule has 0 heterocycles. The van der Waals surface area contributed by atoms with Crippen LogP contribution in [0.5, 0.6) is 0 Å². The van der Waals surface area contributed by atoms with E-state index in [9.17, 15) is 5.11 Å². The lowest BCUT2D eigenvalue weighted by Crippen LogP contribution is -2.46. The summed E-state index contributed by atoms with van der Waals surface area (Å²) in [6.07, 6.45) is 6.44. The van der Waals surface area contributed by atoms with Gasteiger partial charge in [0.05, 0.1) is 6.10 Å². The highest BCUT2D eigenvalue weighted by Gasteiger charge is 2.43. The van der Waals surface area contributed by atoms with Gasteiger partial charge in [0.2, 0.25) is 0 Å². The molecule has 1 N–H and O–H groups in total. The van der Waals surface area contributed by atoms with Gasteiger partial charge in [-0.05, 0) is 43.6 Å². The molecule has 2 fully saturated rings. The van der Waals surface area contributed by atoms with Gasteiger partial charge in [-0.2, -0.15) is 0 Å². The Hall–Kier alpha value is -0.0800. The molecule has 94 valence electrons. The minimum Gasteiger partial charge on any atom is -0.391 e. The average Bonchev–Trinajstić information content (AvgIpc) is 2.43. The fraction of sp³-hybridized carbons (Fsp3) is 1.00. The molecule has 0 aromatic rings. The monoisotopic (exact) mass is 225 g/mol. The molecule has 16 heavy (non-hydrogen) atoms. The standard InChI is InChI=1S/C14H27NO/c1-4-15(10-11-6-5-7-11)12-8-9-14(2,3)13(12)16/h11-13,16H,4-10H2,1-3H3. The van der Waals surface area contributed by atoms with E-state index in [1.165, 1.54) is 38.6 Å². The fourth-order valence-electron chi connectivity index (χ4n) is 3.23. The third kappa shape index (κ3) is 2.28. The summed E-state index contributed by atoms with van der Waals surface area (Å²) in [5.74, 6) is 0.913. The van der Waals surface area contributed by atoms with Crippen LogP contribution in [-0.4, -0.2) is 35.2 Å². The number of hydrogen-bond donors (Lipinski definition) is 1. The summed E-state index contributed by atoms with van der Waals surface area (Å²) in [5, 5.41) is 10.4. The van der Waals surface area contributed by atoms with Crippen molar-refractivity contribution in [1.29, 1.82) is 0 Å². The maximum Gasteiger partial charge on any atom is 0.0746 e. The van der Waals surface area contributed by atoms with Crippen LogP contribution >= 0.6 is 0 Å². The molecule has 2 heteroatoms. The summed E-state index contributed by atoms with van der Waals surface area (Å²) in [5.41, 5.74) is 0.123. The normalized spacial score (nSPS) is 34.3. The predicted molar refractivity (Wildman–Crippen MR) is 67.4 cm³/mol. The third-order valence-corrected chi connectivity index (χ3v) is 4.84. The van der Waals surface area contributed by atoms with Gasteiger partial charge >= 0.3 is 0 Å². The smallest absolute Gasteiger partial charge is 0.0746 e. The summed E-state index contributed by atoms with van der Waals surface area (Å²) in [6.45, 7) is 8.95. The number of hydrogen-bond acceptors (Lipinski definition) is 2. The largest absolute Gasteiger partial charge is 0.391 e. The van der Waals surface area contributed by atoms with E-state index in [1.807, 2.05) is 0 Å². The lowest BCUT2D eigenvalue weighted by Gasteiger charge is -2.38. The van der Waals surface area contributed by atoms with E-state index in [2.05, 4.69) is 25.7 Å². The first-order chi connectivity index (χ1) is 7.54. The summed E-state index contributed by atoms with van der Waals surface area (Å²) in [4.78, 5) is 2.53. The van der Waals surface area contributed by atoms with Crippen molar-refractivity contribution < 1.29 is 5.11 Å². The number of aliphatic hydroxyl groups excluding tert-OH is 1. The summed E-state index contributed by atoms with van der Waals surface area (Å²) in [7, 11) is 0. The van der Waals surface area contributed by atoms with E-state index < -0.39 is 0 Å². The van der Waals surface area contributed by atoms with E-state index in [4.69, 9.17) is 0 Å². The minimum absolute atomic E-state index is 0.123. The van der Waals surface area contributed by atoms with Gasteiger partial charge in [-0.3, -0.25) is 4.90 Å². The zero-order chi connectivity index (χ0) is 11.8. The van der Waals surface area contributed by atoms with Crippen LogP contribution < -0.4 is 0 Å². The molecule has 2 saturated carbocycles. The Morgan fingerprint density at radius 2 is 1.94 bits per heavy atom. The molecule has 0 spiro atoms. The molecule has 2 unspecified atom stereocenters. The maximum absolute atomic E-state index is 10.4. The van der Waals surface area contributed by atoms with Gasteiger partial charge in [0.25, 0.3) is 0 Å². The summed E-state index contributed by atoms with van der Waals surface area (Å²) in [6, 6.07) is 0.417. The van der Waals surface area contributed by atoms with E-state index in [-0.39, 0.29) is 11.5 Å². The van der Waals surface area contributed by atoms with Gasteiger partial charge < -0.3 is 5.11 Å². The van der Waals surface area contributed by atoms with Gasteiger partial charge in [-0.15, -0.1) is 0 Å². The van der Waals surface area contributed by atoms with Crippen LogP contribution in [0.2, 0.25) is 0 Å². The zero-order valence-electron chi connectivity index (χ0n) is 11.1. The quantitative estimate of drug-likeness (QED) is 0.795. The first kappa shape index (κ1) is 12.4. The van der Waals surface area contributed by atoms with E-state index in [1.54, 1.807) is 0 Å². The van der Waals surface area contributed by atoms with E-state index >= 15 is 0 Å². The summed E-state index contributed by atoms with van der Waals surface area (Å²) < 4.78 is 0. The SMILES string of the molecule is CCN(CC1CCC1)C1CCC(C)(C)C1O. The first-order valence-corrected chi connectivity index (χ1v) is 6.96. The van der Waals surface area contributed by atoms with Gasteiger partial charge in [0.1, 0.15) is 0 Å². The second kappa shape index (κ2) is 4.66. The van der Waals surface area contributed by atoms with Crippen molar-refractivity contribution in [2.45, 2.75) is 65.0 Å². The Bertz CT molecular complexity index is 235. The highest BCUT2D eigenvalue weighted by Crippen LogP contribution is 2.40. The molecule has 0 aromatic carbocycles. The third-order valence-electron chi connectivity index (χ3n) is 4.84. The van der Waals surface area contributed by atoms with Gasteiger partial charge in [-0.25, -0.2) is 0 Å². The Morgan fingerprint density at radius 1 is 1.25 bits per heavy atom. The Balaban J connectivity index is 1.93. The molecule has 2 rings (SSSR count). The Labute approximate surface area is 100 Å². The molecule has 2 aliphatic rings. The van der Waals surface area contributed by atoms with Crippen LogP contribution in [0.15, 0.2) is 0 Å².